The summed E-state index contributed by atoms with van der Waals surface area (Å²) in [6, 6.07) is 19.8. The van der Waals surface area contributed by atoms with Crippen molar-refractivity contribution in [3.8, 4) is 11.5 Å². The van der Waals surface area contributed by atoms with Crippen LogP contribution in [-0.2, 0) is 26.2 Å². The number of nitrogens with one attached hydrogen (secondary N) is 1. The second-order valence-corrected chi connectivity index (χ2v) is 11.8. The highest BCUT2D eigenvalue weighted by atomic mass is 32.2. The van der Waals surface area contributed by atoms with Gasteiger partial charge in [-0.2, -0.15) is 0 Å². The molecular weight excluding hydrogens is 554 g/mol. The van der Waals surface area contributed by atoms with E-state index in [2.05, 4.69) is 5.32 Å². The lowest BCUT2D eigenvalue weighted by Gasteiger charge is -2.33. The second kappa shape index (κ2) is 15.3. The lowest BCUT2D eigenvalue weighted by molar-refractivity contribution is -0.140. The Hall–Kier alpha value is -4.05. The maximum absolute atomic E-state index is 14.1. The van der Waals surface area contributed by atoms with Crippen molar-refractivity contribution in [3.05, 3.63) is 83.9 Å². The molecule has 0 saturated carbocycles. The summed E-state index contributed by atoms with van der Waals surface area (Å²) in [5, 5.41) is 2.94. The van der Waals surface area contributed by atoms with Crippen LogP contribution in [0, 0.1) is 6.92 Å². The lowest BCUT2D eigenvalue weighted by atomic mass is 10.1. The molecule has 10 heteroatoms. The number of unbranched alkanes of at least 4 members (excludes halogenated alkanes) is 1. The van der Waals surface area contributed by atoms with Gasteiger partial charge in [0.1, 0.15) is 12.6 Å². The van der Waals surface area contributed by atoms with Crippen molar-refractivity contribution in [1.82, 2.24) is 10.2 Å². The monoisotopic (exact) mass is 595 g/mol. The van der Waals surface area contributed by atoms with Crippen molar-refractivity contribution in [2.24, 2.45) is 0 Å². The Kier molecular flexibility index (Phi) is 11.8. The highest BCUT2D eigenvalue weighted by Crippen LogP contribution is 2.32. The van der Waals surface area contributed by atoms with Crippen molar-refractivity contribution in [2.45, 2.75) is 57.5 Å². The fraction of sp³-hybridized carbons (Fsp3) is 0.375. The van der Waals surface area contributed by atoms with E-state index >= 15 is 0 Å². The molecule has 0 aliphatic heterocycles. The summed E-state index contributed by atoms with van der Waals surface area (Å²) in [4.78, 5) is 28.8. The fourth-order valence-corrected chi connectivity index (χ4v) is 5.98. The van der Waals surface area contributed by atoms with Crippen LogP contribution >= 0.6 is 0 Å². The fourth-order valence-electron chi connectivity index (χ4n) is 4.55. The van der Waals surface area contributed by atoms with E-state index in [1.54, 1.807) is 24.3 Å². The molecule has 3 aromatic carbocycles. The van der Waals surface area contributed by atoms with Crippen LogP contribution in [0.4, 0.5) is 5.69 Å². The summed E-state index contributed by atoms with van der Waals surface area (Å²) < 4.78 is 40.0. The summed E-state index contributed by atoms with van der Waals surface area (Å²) in [5.74, 6) is -0.140. The van der Waals surface area contributed by atoms with Crippen molar-refractivity contribution < 1.29 is 27.5 Å². The van der Waals surface area contributed by atoms with Gasteiger partial charge in [-0.3, -0.25) is 13.9 Å². The third-order valence-electron chi connectivity index (χ3n) is 6.96. The molecule has 1 atom stereocenters. The van der Waals surface area contributed by atoms with Crippen molar-refractivity contribution >= 4 is 27.5 Å². The van der Waals surface area contributed by atoms with Gasteiger partial charge in [-0.05, 0) is 49.6 Å². The van der Waals surface area contributed by atoms with Crippen molar-refractivity contribution in [1.29, 1.82) is 0 Å². The number of nitrogens with zero attached hydrogens (tertiary/aromatic N) is 2. The maximum Gasteiger partial charge on any atom is 0.264 e. The number of aryl methyl sites for hydroxylation is 1. The molecule has 0 saturated heterocycles. The number of benzene rings is 3. The zero-order chi connectivity index (χ0) is 30.7. The molecule has 2 amide bonds. The van der Waals surface area contributed by atoms with Gasteiger partial charge in [-0.15, -0.1) is 0 Å². The molecule has 0 aromatic heterocycles. The van der Waals surface area contributed by atoms with Gasteiger partial charge in [0.05, 0.1) is 24.8 Å². The van der Waals surface area contributed by atoms with Crippen LogP contribution in [0.15, 0.2) is 77.7 Å². The van der Waals surface area contributed by atoms with Gasteiger partial charge < -0.3 is 19.7 Å². The van der Waals surface area contributed by atoms with E-state index in [1.165, 1.54) is 37.3 Å². The van der Waals surface area contributed by atoms with E-state index in [0.29, 0.717) is 24.4 Å². The Bertz CT molecular complexity index is 1430. The van der Waals surface area contributed by atoms with Gasteiger partial charge in [0.15, 0.2) is 11.5 Å². The first-order chi connectivity index (χ1) is 20.2. The van der Waals surface area contributed by atoms with E-state index in [1.807, 2.05) is 51.1 Å². The quantitative estimate of drug-likeness (QED) is 0.250. The summed E-state index contributed by atoms with van der Waals surface area (Å²) >= 11 is 0. The Morgan fingerprint density at radius 1 is 0.905 bits per heavy atom. The second-order valence-electron chi connectivity index (χ2n) is 9.94. The number of hydrogen-bond acceptors (Lipinski definition) is 6. The third-order valence-corrected chi connectivity index (χ3v) is 8.72. The summed E-state index contributed by atoms with van der Waals surface area (Å²) in [7, 11) is -1.36. The van der Waals surface area contributed by atoms with E-state index in [-0.39, 0.29) is 23.1 Å². The predicted octanol–water partition coefficient (Wildman–Crippen LogP) is 4.93. The molecule has 0 spiro atoms. The molecular formula is C32H41N3O6S. The number of hydrogen-bond donors (Lipinski definition) is 1. The lowest BCUT2D eigenvalue weighted by Crippen LogP contribution is -2.52. The van der Waals surface area contributed by atoms with Crippen LogP contribution in [-0.4, -0.2) is 58.5 Å². The SMILES string of the molecule is CCCCNC(=O)[C@@H](CC)N(Cc1ccccc1)C(=O)CN(c1ccc(C)cc1)S(=O)(=O)c1ccc(OC)c(OC)c1. The van der Waals surface area contributed by atoms with Gasteiger partial charge in [0, 0.05) is 19.2 Å². The van der Waals surface area contributed by atoms with Crippen LogP contribution in [0.3, 0.4) is 0 Å². The number of carbonyl (C=O) groups excluding carboxylic acids is 2. The average Bonchev–Trinajstić information content (AvgIpc) is 3.00. The van der Waals surface area contributed by atoms with Gasteiger partial charge in [-0.25, -0.2) is 8.42 Å². The van der Waals surface area contributed by atoms with E-state index in [9.17, 15) is 18.0 Å². The molecule has 0 fully saturated rings. The number of anilines is 1. The van der Waals surface area contributed by atoms with Gasteiger partial charge in [0.25, 0.3) is 10.0 Å². The van der Waals surface area contributed by atoms with Crippen molar-refractivity contribution in [2.75, 3.05) is 31.6 Å². The summed E-state index contributed by atoms with van der Waals surface area (Å²) in [6.07, 6.45) is 2.10. The number of methoxy groups -OCH3 is 2. The Morgan fingerprint density at radius 3 is 2.17 bits per heavy atom. The standard InChI is InChI=1S/C32H41N3O6S/c1-6-8-20-33-32(37)28(7-2)34(22-25-12-10-9-11-13-25)31(36)23-35(26-16-14-24(3)15-17-26)42(38,39)27-18-19-29(40-4)30(21-27)41-5/h9-19,21,28H,6-8,20,22-23H2,1-5H3,(H,33,37)/t28-/m1/s1. The molecule has 3 aromatic rings. The highest BCUT2D eigenvalue weighted by Gasteiger charge is 2.34. The predicted molar refractivity (Wildman–Crippen MR) is 164 cm³/mol. The van der Waals surface area contributed by atoms with Crippen LogP contribution in [0.25, 0.3) is 0 Å². The number of carbonyl (C=O) groups is 2. The number of amides is 2. The molecule has 0 aliphatic carbocycles. The number of sulfonamides is 1. The smallest absolute Gasteiger partial charge is 0.264 e. The van der Waals surface area contributed by atoms with E-state index < -0.39 is 28.5 Å². The Labute approximate surface area is 249 Å². The molecule has 0 aliphatic rings. The summed E-state index contributed by atoms with van der Waals surface area (Å²) in [6.45, 7) is 5.92. The molecule has 226 valence electrons. The average molecular weight is 596 g/mol. The number of rotatable bonds is 15. The minimum atomic E-state index is -4.25. The third kappa shape index (κ3) is 8.03. The largest absolute Gasteiger partial charge is 0.493 e. The first-order valence-corrected chi connectivity index (χ1v) is 15.5. The maximum atomic E-state index is 14.1. The number of ether oxygens (including phenoxy) is 2. The molecule has 9 nitrogen and oxygen atoms in total. The first kappa shape index (κ1) is 32.5. The van der Waals surface area contributed by atoms with Crippen molar-refractivity contribution in [3.63, 3.8) is 0 Å². The topological polar surface area (TPSA) is 105 Å². The summed E-state index contributed by atoms with van der Waals surface area (Å²) in [5.41, 5.74) is 2.09. The first-order valence-electron chi connectivity index (χ1n) is 14.1. The highest BCUT2D eigenvalue weighted by molar-refractivity contribution is 7.92. The van der Waals surface area contributed by atoms with Crippen LogP contribution in [0.5, 0.6) is 11.5 Å². The molecule has 0 unspecified atom stereocenters. The van der Waals surface area contributed by atoms with Gasteiger partial charge in [-0.1, -0.05) is 68.3 Å². The normalized spacial score (nSPS) is 11.8. The minimum Gasteiger partial charge on any atom is -0.493 e. The van der Waals surface area contributed by atoms with E-state index in [4.69, 9.17) is 9.47 Å². The minimum absolute atomic E-state index is 0.0625. The van der Waals surface area contributed by atoms with Crippen LogP contribution < -0.4 is 19.1 Å². The Morgan fingerprint density at radius 2 is 1.57 bits per heavy atom. The molecule has 0 bridgehead atoms. The molecule has 1 N–H and O–H groups in total. The van der Waals surface area contributed by atoms with E-state index in [0.717, 1.165) is 28.3 Å². The molecule has 0 radical (unpaired) electrons. The van der Waals surface area contributed by atoms with Gasteiger partial charge >= 0.3 is 0 Å². The molecule has 42 heavy (non-hydrogen) atoms. The molecule has 0 heterocycles. The Balaban J connectivity index is 2.05. The zero-order valence-corrected chi connectivity index (χ0v) is 25.8. The van der Waals surface area contributed by atoms with Crippen LogP contribution in [0.2, 0.25) is 0 Å². The molecule has 3 rings (SSSR count). The van der Waals surface area contributed by atoms with Gasteiger partial charge in [0.2, 0.25) is 11.8 Å². The zero-order valence-electron chi connectivity index (χ0n) is 25.0. The van der Waals surface area contributed by atoms with Crippen LogP contribution in [0.1, 0.15) is 44.2 Å².